The highest BCUT2D eigenvalue weighted by Gasteiger charge is 2.23. The first-order valence-electron chi connectivity index (χ1n) is 9.91. The van der Waals surface area contributed by atoms with Crippen molar-refractivity contribution < 1.29 is 14.3 Å². The topological polar surface area (TPSA) is 61.9 Å². The smallest absolute Gasteiger partial charge is 0.409 e. The van der Waals surface area contributed by atoms with Crippen molar-refractivity contribution in [2.45, 2.75) is 40.2 Å². The molecule has 2 rings (SSSR count). The van der Waals surface area contributed by atoms with Gasteiger partial charge in [-0.1, -0.05) is 38.1 Å². The number of ether oxygens (including phenoxy) is 1. The second-order valence-corrected chi connectivity index (χ2v) is 7.59. The standard InChI is InChI=1S/C21H33N3O3/c1-5-27-21(26)24-12-10-23(11-13-24)15-20(25)22-17(4)19-8-6-18(7-9-19)14-16(2)3/h6-9,16-17H,5,10-15H2,1-4H3,(H,22,25). The van der Waals surface area contributed by atoms with E-state index < -0.39 is 0 Å². The van der Waals surface area contributed by atoms with Gasteiger partial charge in [0.2, 0.25) is 5.91 Å². The molecule has 1 heterocycles. The highest BCUT2D eigenvalue weighted by molar-refractivity contribution is 5.78. The van der Waals surface area contributed by atoms with Crippen LogP contribution in [-0.4, -0.2) is 61.1 Å². The highest BCUT2D eigenvalue weighted by atomic mass is 16.6. The summed E-state index contributed by atoms with van der Waals surface area (Å²) in [4.78, 5) is 27.9. The number of hydrogen-bond donors (Lipinski definition) is 1. The lowest BCUT2D eigenvalue weighted by atomic mass is 10.00. The van der Waals surface area contributed by atoms with Crippen LogP contribution in [0.5, 0.6) is 0 Å². The Kier molecular flexibility index (Phi) is 8.10. The van der Waals surface area contributed by atoms with Crippen LogP contribution in [-0.2, 0) is 16.0 Å². The molecule has 1 aliphatic heterocycles. The van der Waals surface area contributed by atoms with Gasteiger partial charge in [-0.15, -0.1) is 0 Å². The van der Waals surface area contributed by atoms with Crippen molar-refractivity contribution in [2.75, 3.05) is 39.3 Å². The number of carbonyl (C=O) groups excluding carboxylic acids is 2. The second kappa shape index (κ2) is 10.3. The van der Waals surface area contributed by atoms with Crippen molar-refractivity contribution >= 4 is 12.0 Å². The molecule has 2 amide bonds. The van der Waals surface area contributed by atoms with E-state index in [0.29, 0.717) is 45.2 Å². The number of rotatable bonds is 7. The molecule has 27 heavy (non-hydrogen) atoms. The third-order valence-corrected chi connectivity index (χ3v) is 4.77. The van der Waals surface area contributed by atoms with Crippen LogP contribution in [0.2, 0.25) is 0 Å². The molecule has 1 fully saturated rings. The number of nitrogens with one attached hydrogen (secondary N) is 1. The molecule has 6 nitrogen and oxygen atoms in total. The normalized spacial score (nSPS) is 16.3. The molecule has 0 bridgehead atoms. The first-order chi connectivity index (χ1) is 12.9. The van der Waals surface area contributed by atoms with Crippen LogP contribution in [0, 0.1) is 5.92 Å². The SMILES string of the molecule is CCOC(=O)N1CCN(CC(=O)NC(C)c2ccc(CC(C)C)cc2)CC1. The predicted octanol–water partition coefficient (Wildman–Crippen LogP) is 2.84. The number of carbonyl (C=O) groups is 2. The summed E-state index contributed by atoms with van der Waals surface area (Å²) in [6, 6.07) is 8.47. The molecule has 1 saturated heterocycles. The Morgan fingerprint density at radius 2 is 1.70 bits per heavy atom. The molecule has 0 aromatic heterocycles. The molecule has 1 aromatic carbocycles. The van der Waals surface area contributed by atoms with Crippen molar-refractivity contribution in [1.29, 1.82) is 0 Å². The molecule has 150 valence electrons. The molecule has 0 radical (unpaired) electrons. The Bertz CT molecular complexity index is 608. The highest BCUT2D eigenvalue weighted by Crippen LogP contribution is 2.15. The summed E-state index contributed by atoms with van der Waals surface area (Å²) in [5, 5.41) is 3.07. The molecular weight excluding hydrogens is 342 g/mol. The van der Waals surface area contributed by atoms with E-state index in [1.54, 1.807) is 11.8 Å². The van der Waals surface area contributed by atoms with Crippen LogP contribution >= 0.6 is 0 Å². The summed E-state index contributed by atoms with van der Waals surface area (Å²) >= 11 is 0. The number of benzene rings is 1. The first-order valence-corrected chi connectivity index (χ1v) is 9.91. The van der Waals surface area contributed by atoms with Gasteiger partial charge < -0.3 is 15.0 Å². The fourth-order valence-electron chi connectivity index (χ4n) is 3.29. The van der Waals surface area contributed by atoms with Crippen molar-refractivity contribution in [2.24, 2.45) is 5.92 Å². The lowest BCUT2D eigenvalue weighted by Gasteiger charge is -2.33. The largest absolute Gasteiger partial charge is 0.450 e. The maximum absolute atomic E-state index is 12.4. The van der Waals surface area contributed by atoms with Gasteiger partial charge in [0.1, 0.15) is 0 Å². The van der Waals surface area contributed by atoms with Gasteiger partial charge in [0, 0.05) is 26.2 Å². The van der Waals surface area contributed by atoms with Gasteiger partial charge in [0.05, 0.1) is 19.2 Å². The first kappa shape index (κ1) is 21.2. The van der Waals surface area contributed by atoms with E-state index in [1.807, 2.05) is 6.92 Å². The average molecular weight is 376 g/mol. The zero-order valence-electron chi connectivity index (χ0n) is 17.0. The Hall–Kier alpha value is -2.08. The summed E-state index contributed by atoms with van der Waals surface area (Å²) < 4.78 is 5.02. The Morgan fingerprint density at radius 3 is 2.26 bits per heavy atom. The van der Waals surface area contributed by atoms with Gasteiger partial charge in [-0.3, -0.25) is 9.69 Å². The van der Waals surface area contributed by atoms with Gasteiger partial charge in [-0.2, -0.15) is 0 Å². The Morgan fingerprint density at radius 1 is 1.07 bits per heavy atom. The number of piperazine rings is 1. The Balaban J connectivity index is 1.76. The third kappa shape index (κ3) is 6.86. The molecule has 1 aromatic rings. The molecule has 0 saturated carbocycles. The molecule has 1 atom stereocenters. The van der Waals surface area contributed by atoms with Gasteiger partial charge in [-0.05, 0) is 37.3 Å². The van der Waals surface area contributed by atoms with Crippen LogP contribution in [0.3, 0.4) is 0 Å². The van der Waals surface area contributed by atoms with E-state index in [-0.39, 0.29) is 18.0 Å². The second-order valence-electron chi connectivity index (χ2n) is 7.59. The van der Waals surface area contributed by atoms with Crippen molar-refractivity contribution in [3.63, 3.8) is 0 Å². The minimum Gasteiger partial charge on any atom is -0.450 e. The molecule has 1 N–H and O–H groups in total. The third-order valence-electron chi connectivity index (χ3n) is 4.77. The predicted molar refractivity (Wildman–Crippen MR) is 107 cm³/mol. The lowest BCUT2D eigenvalue weighted by Crippen LogP contribution is -2.51. The van der Waals surface area contributed by atoms with E-state index in [4.69, 9.17) is 4.74 Å². The van der Waals surface area contributed by atoms with Gasteiger partial charge >= 0.3 is 6.09 Å². The van der Waals surface area contributed by atoms with Gasteiger partial charge in [-0.25, -0.2) is 4.79 Å². The van der Waals surface area contributed by atoms with E-state index in [9.17, 15) is 9.59 Å². The van der Waals surface area contributed by atoms with Crippen LogP contribution in [0.4, 0.5) is 4.79 Å². The van der Waals surface area contributed by atoms with E-state index >= 15 is 0 Å². The van der Waals surface area contributed by atoms with Gasteiger partial charge in [0.15, 0.2) is 0 Å². The quantitative estimate of drug-likeness (QED) is 0.796. The minimum absolute atomic E-state index is 0.0124. The number of amides is 2. The van der Waals surface area contributed by atoms with Crippen LogP contribution in [0.15, 0.2) is 24.3 Å². The summed E-state index contributed by atoms with van der Waals surface area (Å²) in [6.45, 7) is 11.5. The molecule has 1 unspecified atom stereocenters. The van der Waals surface area contributed by atoms with Crippen LogP contribution < -0.4 is 5.32 Å². The fraction of sp³-hybridized carbons (Fsp3) is 0.619. The lowest BCUT2D eigenvalue weighted by molar-refractivity contribution is -0.123. The molecule has 0 aliphatic carbocycles. The van der Waals surface area contributed by atoms with Crippen molar-refractivity contribution in [3.8, 4) is 0 Å². The number of hydrogen-bond acceptors (Lipinski definition) is 4. The van der Waals surface area contributed by atoms with Gasteiger partial charge in [0.25, 0.3) is 0 Å². The monoisotopic (exact) mass is 375 g/mol. The summed E-state index contributed by atoms with van der Waals surface area (Å²) in [5.41, 5.74) is 2.44. The summed E-state index contributed by atoms with van der Waals surface area (Å²) in [5.74, 6) is 0.649. The Labute approximate surface area is 162 Å². The average Bonchev–Trinajstić information content (AvgIpc) is 2.62. The van der Waals surface area contributed by atoms with Crippen molar-refractivity contribution in [1.82, 2.24) is 15.1 Å². The maximum Gasteiger partial charge on any atom is 0.409 e. The van der Waals surface area contributed by atoms with Crippen molar-refractivity contribution in [3.05, 3.63) is 35.4 Å². The van der Waals surface area contributed by atoms with E-state index in [0.717, 1.165) is 12.0 Å². The summed E-state index contributed by atoms with van der Waals surface area (Å²) in [6.07, 6.45) is 0.801. The van der Waals surface area contributed by atoms with Crippen LogP contribution in [0.1, 0.15) is 44.9 Å². The minimum atomic E-state index is -0.267. The number of nitrogens with zero attached hydrogens (tertiary/aromatic N) is 2. The van der Waals surface area contributed by atoms with E-state index in [2.05, 4.69) is 48.3 Å². The molecule has 1 aliphatic rings. The molecule has 0 spiro atoms. The summed E-state index contributed by atoms with van der Waals surface area (Å²) in [7, 11) is 0. The van der Waals surface area contributed by atoms with Crippen LogP contribution in [0.25, 0.3) is 0 Å². The maximum atomic E-state index is 12.4. The zero-order chi connectivity index (χ0) is 19.8. The molecule has 6 heteroatoms. The van der Waals surface area contributed by atoms with E-state index in [1.165, 1.54) is 5.56 Å². The fourth-order valence-corrected chi connectivity index (χ4v) is 3.29. The zero-order valence-corrected chi connectivity index (χ0v) is 17.0. The molecular formula is C21H33N3O3.